The standard InChI is InChI=1S/C11H13NO4/c12-8(5-6-10(14)15)11(16)7-3-1-2-4-9(7)13/h1-4,8,13H,5-6,12H2,(H,14,15). The summed E-state index contributed by atoms with van der Waals surface area (Å²) in [6.45, 7) is 0. The van der Waals surface area contributed by atoms with Crippen LogP contribution in [0.3, 0.4) is 0 Å². The first-order chi connectivity index (χ1) is 7.52. The number of ketones is 1. The van der Waals surface area contributed by atoms with Crippen molar-refractivity contribution in [1.29, 1.82) is 0 Å². The molecule has 0 heterocycles. The summed E-state index contributed by atoms with van der Waals surface area (Å²) in [6, 6.07) is 5.14. The van der Waals surface area contributed by atoms with Crippen LogP contribution in [0.1, 0.15) is 23.2 Å². The van der Waals surface area contributed by atoms with Gasteiger partial charge in [-0.25, -0.2) is 0 Å². The van der Waals surface area contributed by atoms with Crippen LogP contribution in [-0.4, -0.2) is 28.0 Å². The summed E-state index contributed by atoms with van der Waals surface area (Å²) in [6.07, 6.45) is -0.108. The van der Waals surface area contributed by atoms with Crippen LogP contribution in [-0.2, 0) is 4.79 Å². The Morgan fingerprint density at radius 3 is 2.50 bits per heavy atom. The van der Waals surface area contributed by atoms with E-state index in [0.717, 1.165) is 0 Å². The SMILES string of the molecule is NC(CCC(=O)O)C(=O)c1ccccc1O. The summed E-state index contributed by atoms with van der Waals surface area (Å²) in [7, 11) is 0. The summed E-state index contributed by atoms with van der Waals surface area (Å²) < 4.78 is 0. The van der Waals surface area contributed by atoms with Crippen LogP contribution in [0.4, 0.5) is 0 Å². The number of carbonyl (C=O) groups is 2. The first-order valence-corrected chi connectivity index (χ1v) is 4.82. The van der Waals surface area contributed by atoms with Gasteiger partial charge in [0.05, 0.1) is 11.6 Å². The van der Waals surface area contributed by atoms with Crippen LogP contribution >= 0.6 is 0 Å². The van der Waals surface area contributed by atoms with E-state index in [-0.39, 0.29) is 24.2 Å². The van der Waals surface area contributed by atoms with Crippen molar-refractivity contribution in [3.8, 4) is 5.75 Å². The molecule has 0 aliphatic rings. The first kappa shape index (κ1) is 12.2. The number of benzene rings is 1. The van der Waals surface area contributed by atoms with E-state index in [0.29, 0.717) is 0 Å². The maximum atomic E-state index is 11.7. The molecule has 5 nitrogen and oxygen atoms in total. The maximum Gasteiger partial charge on any atom is 0.303 e. The molecule has 0 fully saturated rings. The van der Waals surface area contributed by atoms with Gasteiger partial charge >= 0.3 is 5.97 Å². The fourth-order valence-corrected chi connectivity index (χ4v) is 1.29. The van der Waals surface area contributed by atoms with Crippen molar-refractivity contribution in [2.75, 3.05) is 0 Å². The first-order valence-electron chi connectivity index (χ1n) is 4.82. The molecule has 0 aliphatic heterocycles. The summed E-state index contributed by atoms with van der Waals surface area (Å²) in [4.78, 5) is 22.0. The zero-order valence-electron chi connectivity index (χ0n) is 8.59. The number of aromatic hydroxyl groups is 1. The number of carboxylic acids is 1. The van der Waals surface area contributed by atoms with E-state index in [1.165, 1.54) is 12.1 Å². The van der Waals surface area contributed by atoms with E-state index in [2.05, 4.69) is 0 Å². The Labute approximate surface area is 92.5 Å². The number of phenolic OH excluding ortho intramolecular Hbond substituents is 1. The average Bonchev–Trinajstić information content (AvgIpc) is 2.25. The molecular formula is C11H13NO4. The van der Waals surface area contributed by atoms with Crippen molar-refractivity contribution >= 4 is 11.8 Å². The van der Waals surface area contributed by atoms with Gasteiger partial charge in [0.15, 0.2) is 5.78 Å². The number of carboxylic acid groups (broad SMARTS) is 1. The lowest BCUT2D eigenvalue weighted by Gasteiger charge is -2.10. The molecular weight excluding hydrogens is 210 g/mol. The van der Waals surface area contributed by atoms with Gasteiger partial charge in [0.25, 0.3) is 0 Å². The normalized spacial score (nSPS) is 12.1. The number of para-hydroxylation sites is 1. The number of aliphatic carboxylic acids is 1. The lowest BCUT2D eigenvalue weighted by atomic mass is 10.0. The quantitative estimate of drug-likeness (QED) is 0.640. The number of rotatable bonds is 5. The molecule has 0 aliphatic carbocycles. The molecule has 0 bridgehead atoms. The van der Waals surface area contributed by atoms with Gasteiger partial charge in [-0.15, -0.1) is 0 Å². The van der Waals surface area contributed by atoms with Crippen molar-refractivity contribution < 1.29 is 19.8 Å². The summed E-state index contributed by atoms with van der Waals surface area (Å²) in [5.74, 6) is -1.59. The molecule has 0 amide bonds. The van der Waals surface area contributed by atoms with E-state index < -0.39 is 17.8 Å². The molecule has 1 aromatic carbocycles. The second kappa shape index (κ2) is 5.27. The second-order valence-electron chi connectivity index (χ2n) is 3.42. The smallest absolute Gasteiger partial charge is 0.303 e. The largest absolute Gasteiger partial charge is 0.507 e. The highest BCUT2D eigenvalue weighted by Crippen LogP contribution is 2.18. The second-order valence-corrected chi connectivity index (χ2v) is 3.42. The van der Waals surface area contributed by atoms with Crippen LogP contribution in [0, 0.1) is 0 Å². The third-order valence-electron chi connectivity index (χ3n) is 2.18. The molecule has 86 valence electrons. The van der Waals surface area contributed by atoms with Gasteiger partial charge in [0, 0.05) is 6.42 Å². The molecule has 0 spiro atoms. The summed E-state index contributed by atoms with van der Waals surface area (Å²) >= 11 is 0. The van der Waals surface area contributed by atoms with Crippen molar-refractivity contribution in [2.24, 2.45) is 5.73 Å². The summed E-state index contributed by atoms with van der Waals surface area (Å²) in [5, 5.41) is 17.9. The highest BCUT2D eigenvalue weighted by atomic mass is 16.4. The fourth-order valence-electron chi connectivity index (χ4n) is 1.29. The molecule has 0 radical (unpaired) electrons. The Morgan fingerprint density at radius 2 is 1.94 bits per heavy atom. The van der Waals surface area contributed by atoms with Gasteiger partial charge < -0.3 is 15.9 Å². The molecule has 4 N–H and O–H groups in total. The van der Waals surface area contributed by atoms with Gasteiger partial charge in [-0.2, -0.15) is 0 Å². The third kappa shape index (κ3) is 3.06. The zero-order chi connectivity index (χ0) is 12.1. The van der Waals surface area contributed by atoms with Gasteiger partial charge in [-0.05, 0) is 18.6 Å². The molecule has 0 aromatic heterocycles. The zero-order valence-corrected chi connectivity index (χ0v) is 8.59. The van der Waals surface area contributed by atoms with Gasteiger partial charge in [0.2, 0.25) is 0 Å². The predicted octanol–water partition coefficient (Wildman–Crippen LogP) is 0.767. The monoisotopic (exact) mass is 223 g/mol. The van der Waals surface area contributed by atoms with Gasteiger partial charge in [-0.1, -0.05) is 12.1 Å². The highest BCUT2D eigenvalue weighted by molar-refractivity contribution is 6.02. The van der Waals surface area contributed by atoms with Crippen molar-refractivity contribution in [1.82, 2.24) is 0 Å². The van der Waals surface area contributed by atoms with E-state index in [1.54, 1.807) is 12.1 Å². The maximum absolute atomic E-state index is 11.7. The predicted molar refractivity (Wildman–Crippen MR) is 57.3 cm³/mol. The van der Waals surface area contributed by atoms with Crippen molar-refractivity contribution in [3.63, 3.8) is 0 Å². The summed E-state index contributed by atoms with van der Waals surface area (Å²) in [5.41, 5.74) is 5.67. The lowest BCUT2D eigenvalue weighted by molar-refractivity contribution is -0.137. The molecule has 5 heteroatoms. The Bertz CT molecular complexity index is 403. The number of carbonyl (C=O) groups excluding carboxylic acids is 1. The van der Waals surface area contributed by atoms with Crippen molar-refractivity contribution in [2.45, 2.75) is 18.9 Å². The van der Waals surface area contributed by atoms with Crippen LogP contribution in [0.2, 0.25) is 0 Å². The average molecular weight is 223 g/mol. The number of phenols is 1. The van der Waals surface area contributed by atoms with Crippen molar-refractivity contribution in [3.05, 3.63) is 29.8 Å². The topological polar surface area (TPSA) is 101 Å². The van der Waals surface area contributed by atoms with E-state index in [1.807, 2.05) is 0 Å². The minimum atomic E-state index is -1.000. The third-order valence-corrected chi connectivity index (χ3v) is 2.18. The van der Waals surface area contributed by atoms with Crippen LogP contribution in [0.15, 0.2) is 24.3 Å². The Balaban J connectivity index is 2.71. The molecule has 0 saturated heterocycles. The molecule has 1 rings (SSSR count). The molecule has 1 atom stereocenters. The number of nitrogens with two attached hydrogens (primary N) is 1. The number of hydrogen-bond acceptors (Lipinski definition) is 4. The minimum absolute atomic E-state index is 0.0580. The molecule has 0 saturated carbocycles. The van der Waals surface area contributed by atoms with Crippen LogP contribution < -0.4 is 5.73 Å². The van der Waals surface area contributed by atoms with E-state index in [9.17, 15) is 14.7 Å². The Kier molecular flexibility index (Phi) is 4.02. The molecule has 1 aromatic rings. The number of hydrogen-bond donors (Lipinski definition) is 3. The number of Topliss-reactive ketones (excluding diaryl/α,β-unsaturated/α-hetero) is 1. The van der Waals surface area contributed by atoms with E-state index >= 15 is 0 Å². The highest BCUT2D eigenvalue weighted by Gasteiger charge is 2.19. The fraction of sp³-hybridized carbons (Fsp3) is 0.273. The molecule has 16 heavy (non-hydrogen) atoms. The van der Waals surface area contributed by atoms with Gasteiger partial charge in [0.1, 0.15) is 5.75 Å². The Hall–Kier alpha value is -1.88. The van der Waals surface area contributed by atoms with Crippen LogP contribution in [0.25, 0.3) is 0 Å². The molecule has 1 unspecified atom stereocenters. The minimum Gasteiger partial charge on any atom is -0.507 e. The van der Waals surface area contributed by atoms with Gasteiger partial charge in [-0.3, -0.25) is 9.59 Å². The van der Waals surface area contributed by atoms with E-state index in [4.69, 9.17) is 10.8 Å². The van der Waals surface area contributed by atoms with Crippen LogP contribution in [0.5, 0.6) is 5.75 Å². The Morgan fingerprint density at radius 1 is 1.31 bits per heavy atom. The lowest BCUT2D eigenvalue weighted by Crippen LogP contribution is -2.31.